The highest BCUT2D eigenvalue weighted by atomic mass is 16.5. The standard InChI is InChI=1S/C15H19NO2/c1-10(11(2)15(17)16-13-6-7-13)12-4-8-14(18-3)9-5-12/h4-5,8-9,13H,6-7H2,1-3H3,(H,16,17)/b11-10-. The molecular weight excluding hydrogens is 226 g/mol. The SMILES string of the molecule is COc1ccc(/C(C)=C(/C)C(=O)NC2CC2)cc1. The number of hydrogen-bond acceptors (Lipinski definition) is 2. The zero-order chi connectivity index (χ0) is 13.1. The summed E-state index contributed by atoms with van der Waals surface area (Å²) in [4.78, 5) is 11.9. The van der Waals surface area contributed by atoms with E-state index < -0.39 is 0 Å². The summed E-state index contributed by atoms with van der Waals surface area (Å²) >= 11 is 0. The van der Waals surface area contributed by atoms with E-state index in [-0.39, 0.29) is 5.91 Å². The van der Waals surface area contributed by atoms with Crippen LogP contribution >= 0.6 is 0 Å². The van der Waals surface area contributed by atoms with Crippen LogP contribution in [0.1, 0.15) is 32.3 Å². The van der Waals surface area contributed by atoms with E-state index in [4.69, 9.17) is 4.74 Å². The van der Waals surface area contributed by atoms with Crippen LogP contribution in [0.3, 0.4) is 0 Å². The first-order valence-corrected chi connectivity index (χ1v) is 6.24. The lowest BCUT2D eigenvalue weighted by atomic mass is 10.0. The highest BCUT2D eigenvalue weighted by Gasteiger charge is 2.24. The summed E-state index contributed by atoms with van der Waals surface area (Å²) in [6, 6.07) is 8.16. The van der Waals surface area contributed by atoms with E-state index in [2.05, 4.69) is 5.32 Å². The van der Waals surface area contributed by atoms with Crippen LogP contribution in [0.2, 0.25) is 0 Å². The summed E-state index contributed by atoms with van der Waals surface area (Å²) in [6.45, 7) is 3.85. The molecule has 0 aliphatic heterocycles. The molecular formula is C15H19NO2. The normalized spacial score (nSPS) is 15.9. The van der Waals surface area contributed by atoms with E-state index in [1.54, 1.807) is 7.11 Å². The van der Waals surface area contributed by atoms with Gasteiger partial charge in [-0.1, -0.05) is 12.1 Å². The van der Waals surface area contributed by atoms with Gasteiger partial charge in [-0.2, -0.15) is 0 Å². The third-order valence-electron chi connectivity index (χ3n) is 3.34. The van der Waals surface area contributed by atoms with Gasteiger partial charge >= 0.3 is 0 Å². The van der Waals surface area contributed by atoms with Crippen molar-refractivity contribution in [1.82, 2.24) is 5.32 Å². The van der Waals surface area contributed by atoms with Gasteiger partial charge in [-0.05, 0) is 50.0 Å². The number of rotatable bonds is 4. The van der Waals surface area contributed by atoms with E-state index in [1.165, 1.54) is 0 Å². The van der Waals surface area contributed by atoms with Crippen molar-refractivity contribution in [3.05, 3.63) is 35.4 Å². The van der Waals surface area contributed by atoms with Crippen molar-refractivity contribution in [2.24, 2.45) is 0 Å². The summed E-state index contributed by atoms with van der Waals surface area (Å²) in [5.41, 5.74) is 2.85. The quantitative estimate of drug-likeness (QED) is 0.828. The average Bonchev–Trinajstić information content (AvgIpc) is 3.21. The molecule has 0 saturated heterocycles. The summed E-state index contributed by atoms with van der Waals surface area (Å²) in [5, 5.41) is 3.01. The highest BCUT2D eigenvalue weighted by molar-refractivity contribution is 6.00. The van der Waals surface area contributed by atoms with Crippen LogP contribution in [0, 0.1) is 0 Å². The van der Waals surface area contributed by atoms with Gasteiger partial charge in [0.2, 0.25) is 5.91 Å². The molecule has 0 radical (unpaired) electrons. The Balaban J connectivity index is 2.15. The first-order chi connectivity index (χ1) is 8.61. The van der Waals surface area contributed by atoms with Gasteiger partial charge in [0.15, 0.2) is 0 Å². The molecule has 1 amide bonds. The molecule has 0 spiro atoms. The highest BCUT2D eigenvalue weighted by Crippen LogP contribution is 2.23. The number of carbonyl (C=O) groups is 1. The zero-order valence-electron chi connectivity index (χ0n) is 11.1. The minimum Gasteiger partial charge on any atom is -0.497 e. The van der Waals surface area contributed by atoms with E-state index in [0.717, 1.165) is 35.3 Å². The van der Waals surface area contributed by atoms with Crippen LogP contribution in [0.25, 0.3) is 5.57 Å². The van der Waals surface area contributed by atoms with Crippen LogP contribution in [0.5, 0.6) is 5.75 Å². The van der Waals surface area contributed by atoms with Gasteiger partial charge in [0.25, 0.3) is 0 Å². The molecule has 1 N–H and O–H groups in total. The Hall–Kier alpha value is -1.77. The molecule has 18 heavy (non-hydrogen) atoms. The van der Waals surface area contributed by atoms with Gasteiger partial charge in [-0.15, -0.1) is 0 Å². The molecule has 1 aliphatic rings. The second-order valence-electron chi connectivity index (χ2n) is 4.73. The fourth-order valence-corrected chi connectivity index (χ4v) is 1.75. The molecule has 0 bridgehead atoms. The third kappa shape index (κ3) is 2.92. The predicted octanol–water partition coefficient (Wildman–Crippen LogP) is 2.77. The van der Waals surface area contributed by atoms with E-state index >= 15 is 0 Å². The zero-order valence-corrected chi connectivity index (χ0v) is 11.1. The second kappa shape index (κ2) is 5.25. The molecule has 1 aliphatic carbocycles. The van der Waals surface area contributed by atoms with Crippen molar-refractivity contribution in [2.75, 3.05) is 7.11 Å². The molecule has 1 saturated carbocycles. The van der Waals surface area contributed by atoms with Crippen molar-refractivity contribution in [3.63, 3.8) is 0 Å². The summed E-state index contributed by atoms with van der Waals surface area (Å²) in [6.07, 6.45) is 2.22. The van der Waals surface area contributed by atoms with Crippen molar-refractivity contribution in [2.45, 2.75) is 32.7 Å². The molecule has 0 aromatic heterocycles. The van der Waals surface area contributed by atoms with Crippen molar-refractivity contribution in [1.29, 1.82) is 0 Å². The summed E-state index contributed by atoms with van der Waals surface area (Å²) in [7, 11) is 1.64. The summed E-state index contributed by atoms with van der Waals surface area (Å²) in [5.74, 6) is 0.873. The van der Waals surface area contributed by atoms with Crippen LogP contribution in [0.15, 0.2) is 29.8 Å². The molecule has 1 aromatic rings. The number of allylic oxidation sites excluding steroid dienone is 1. The van der Waals surface area contributed by atoms with Gasteiger partial charge in [0.05, 0.1) is 7.11 Å². The lowest BCUT2D eigenvalue weighted by molar-refractivity contribution is -0.117. The Bertz CT molecular complexity index is 470. The number of amides is 1. The Labute approximate surface area is 108 Å². The second-order valence-corrected chi connectivity index (χ2v) is 4.73. The molecule has 1 fully saturated rings. The third-order valence-corrected chi connectivity index (χ3v) is 3.34. The van der Waals surface area contributed by atoms with E-state index in [0.29, 0.717) is 6.04 Å². The number of benzene rings is 1. The fourth-order valence-electron chi connectivity index (χ4n) is 1.75. The Morgan fingerprint density at radius 2 is 1.83 bits per heavy atom. The minimum atomic E-state index is 0.0471. The first-order valence-electron chi connectivity index (χ1n) is 6.24. The number of hydrogen-bond donors (Lipinski definition) is 1. The number of carbonyl (C=O) groups excluding carboxylic acids is 1. The van der Waals surface area contributed by atoms with Crippen molar-refractivity contribution >= 4 is 11.5 Å². The maximum atomic E-state index is 11.9. The van der Waals surface area contributed by atoms with Gasteiger partial charge in [0.1, 0.15) is 5.75 Å². The molecule has 2 rings (SSSR count). The number of nitrogens with one attached hydrogen (secondary N) is 1. The molecule has 0 atom stereocenters. The first kappa shape index (κ1) is 12.7. The maximum Gasteiger partial charge on any atom is 0.247 e. The minimum absolute atomic E-state index is 0.0471. The number of ether oxygens (including phenoxy) is 1. The van der Waals surface area contributed by atoms with Crippen LogP contribution in [-0.4, -0.2) is 19.1 Å². The topological polar surface area (TPSA) is 38.3 Å². The summed E-state index contributed by atoms with van der Waals surface area (Å²) < 4.78 is 5.12. The lowest BCUT2D eigenvalue weighted by Gasteiger charge is -2.09. The molecule has 1 aromatic carbocycles. The van der Waals surface area contributed by atoms with Gasteiger partial charge in [0, 0.05) is 11.6 Å². The molecule has 3 heteroatoms. The van der Waals surface area contributed by atoms with Crippen molar-refractivity contribution < 1.29 is 9.53 Å². The van der Waals surface area contributed by atoms with Gasteiger partial charge < -0.3 is 10.1 Å². The van der Waals surface area contributed by atoms with E-state index in [9.17, 15) is 4.79 Å². The Morgan fingerprint density at radius 1 is 1.22 bits per heavy atom. The van der Waals surface area contributed by atoms with Gasteiger partial charge in [-0.3, -0.25) is 4.79 Å². The smallest absolute Gasteiger partial charge is 0.247 e. The van der Waals surface area contributed by atoms with Crippen LogP contribution < -0.4 is 10.1 Å². The monoisotopic (exact) mass is 245 g/mol. The maximum absolute atomic E-state index is 11.9. The molecule has 96 valence electrons. The molecule has 3 nitrogen and oxygen atoms in total. The molecule has 0 heterocycles. The predicted molar refractivity (Wildman–Crippen MR) is 72.4 cm³/mol. The van der Waals surface area contributed by atoms with Crippen molar-refractivity contribution in [3.8, 4) is 5.75 Å². The van der Waals surface area contributed by atoms with Crippen LogP contribution in [-0.2, 0) is 4.79 Å². The van der Waals surface area contributed by atoms with Crippen LogP contribution in [0.4, 0.5) is 0 Å². The van der Waals surface area contributed by atoms with Gasteiger partial charge in [-0.25, -0.2) is 0 Å². The fraction of sp³-hybridized carbons (Fsp3) is 0.400. The largest absolute Gasteiger partial charge is 0.497 e. The number of methoxy groups -OCH3 is 1. The lowest BCUT2D eigenvalue weighted by Crippen LogP contribution is -2.26. The Morgan fingerprint density at radius 3 is 2.33 bits per heavy atom. The van der Waals surface area contributed by atoms with E-state index in [1.807, 2.05) is 38.1 Å². The Kier molecular flexibility index (Phi) is 3.70. The average molecular weight is 245 g/mol. The molecule has 0 unspecified atom stereocenters.